The highest BCUT2D eigenvalue weighted by Gasteiger charge is 2.35. The van der Waals surface area contributed by atoms with Gasteiger partial charge in [0, 0.05) is 31.2 Å². The summed E-state index contributed by atoms with van der Waals surface area (Å²) in [6, 6.07) is 5.33. The van der Waals surface area contributed by atoms with Gasteiger partial charge in [0.2, 0.25) is 0 Å². The van der Waals surface area contributed by atoms with E-state index >= 15 is 0 Å². The van der Waals surface area contributed by atoms with Crippen LogP contribution in [0.15, 0.2) is 18.2 Å². The van der Waals surface area contributed by atoms with Crippen molar-refractivity contribution in [3.8, 4) is 11.5 Å². The monoisotopic (exact) mass is 290 g/mol. The van der Waals surface area contributed by atoms with Gasteiger partial charge in [0.1, 0.15) is 11.5 Å². The third-order valence-electron chi connectivity index (χ3n) is 4.88. The van der Waals surface area contributed by atoms with Crippen LogP contribution in [0.25, 0.3) is 0 Å². The lowest BCUT2D eigenvalue weighted by Crippen LogP contribution is -2.38. The SMILES string of the molecule is CN1C2CCC1CN(CC(=O)c1ccc(O)cc1O)CC2. The van der Waals surface area contributed by atoms with Crippen molar-refractivity contribution in [2.24, 2.45) is 0 Å². The summed E-state index contributed by atoms with van der Waals surface area (Å²) in [5.74, 6) is -0.265. The molecule has 21 heavy (non-hydrogen) atoms. The number of carbonyl (C=O) groups is 1. The van der Waals surface area contributed by atoms with E-state index in [1.165, 1.54) is 31.0 Å². The first-order chi connectivity index (χ1) is 10.0. The zero-order valence-electron chi connectivity index (χ0n) is 12.3. The van der Waals surface area contributed by atoms with E-state index in [9.17, 15) is 15.0 Å². The number of hydrogen-bond donors (Lipinski definition) is 2. The molecule has 1 aromatic carbocycles. The van der Waals surface area contributed by atoms with Gasteiger partial charge in [0.05, 0.1) is 12.1 Å². The van der Waals surface area contributed by atoms with Crippen molar-refractivity contribution in [1.29, 1.82) is 0 Å². The van der Waals surface area contributed by atoms with Gasteiger partial charge in [-0.25, -0.2) is 0 Å². The quantitative estimate of drug-likeness (QED) is 0.825. The van der Waals surface area contributed by atoms with Gasteiger partial charge < -0.3 is 10.2 Å². The molecule has 5 heteroatoms. The van der Waals surface area contributed by atoms with Crippen molar-refractivity contribution in [1.82, 2.24) is 9.80 Å². The number of phenolic OH excluding ortho intramolecular Hbond substituents is 2. The number of nitrogens with zero attached hydrogens (tertiary/aromatic N) is 2. The molecule has 3 rings (SSSR count). The number of likely N-dealkylation sites (tertiary alicyclic amines) is 1. The van der Waals surface area contributed by atoms with E-state index in [0.29, 0.717) is 18.6 Å². The van der Waals surface area contributed by atoms with Crippen molar-refractivity contribution in [2.75, 3.05) is 26.7 Å². The van der Waals surface area contributed by atoms with Gasteiger partial charge >= 0.3 is 0 Å². The molecule has 2 aliphatic rings. The van der Waals surface area contributed by atoms with Crippen LogP contribution in [-0.2, 0) is 0 Å². The summed E-state index contributed by atoms with van der Waals surface area (Å²) in [4.78, 5) is 17.0. The average molecular weight is 290 g/mol. The molecular formula is C16H22N2O3. The Morgan fingerprint density at radius 2 is 2.00 bits per heavy atom. The Kier molecular flexibility index (Phi) is 3.87. The maximum absolute atomic E-state index is 12.3. The van der Waals surface area contributed by atoms with E-state index in [1.54, 1.807) is 0 Å². The first-order valence-corrected chi connectivity index (χ1v) is 7.54. The third-order valence-corrected chi connectivity index (χ3v) is 4.88. The maximum Gasteiger partial charge on any atom is 0.180 e. The zero-order valence-corrected chi connectivity index (χ0v) is 12.3. The van der Waals surface area contributed by atoms with Crippen LogP contribution in [0.2, 0.25) is 0 Å². The van der Waals surface area contributed by atoms with Crippen LogP contribution >= 0.6 is 0 Å². The van der Waals surface area contributed by atoms with Crippen molar-refractivity contribution in [2.45, 2.75) is 31.3 Å². The van der Waals surface area contributed by atoms with Crippen LogP contribution in [0.4, 0.5) is 0 Å². The fourth-order valence-electron chi connectivity index (χ4n) is 3.57. The molecule has 2 heterocycles. The Balaban J connectivity index is 1.67. The molecule has 0 amide bonds. The molecule has 5 nitrogen and oxygen atoms in total. The summed E-state index contributed by atoms with van der Waals surface area (Å²) < 4.78 is 0. The van der Waals surface area contributed by atoms with Gasteiger partial charge in [-0.05, 0) is 38.4 Å². The van der Waals surface area contributed by atoms with Gasteiger partial charge in [-0.1, -0.05) is 0 Å². The van der Waals surface area contributed by atoms with Crippen LogP contribution in [0, 0.1) is 0 Å². The van der Waals surface area contributed by atoms with Gasteiger partial charge in [-0.2, -0.15) is 0 Å². The Morgan fingerprint density at radius 1 is 1.24 bits per heavy atom. The summed E-state index contributed by atoms with van der Waals surface area (Å²) in [7, 11) is 2.18. The predicted molar refractivity (Wildman–Crippen MR) is 79.7 cm³/mol. The number of ketones is 1. The lowest BCUT2D eigenvalue weighted by Gasteiger charge is -2.25. The Morgan fingerprint density at radius 3 is 2.76 bits per heavy atom. The molecule has 0 radical (unpaired) electrons. The van der Waals surface area contributed by atoms with Crippen molar-refractivity contribution in [3.63, 3.8) is 0 Å². The van der Waals surface area contributed by atoms with Gasteiger partial charge in [0.15, 0.2) is 5.78 Å². The number of aromatic hydroxyl groups is 2. The van der Waals surface area contributed by atoms with Gasteiger partial charge in [0.25, 0.3) is 0 Å². The topological polar surface area (TPSA) is 64.0 Å². The second kappa shape index (κ2) is 5.66. The molecule has 0 saturated carbocycles. The molecule has 2 fully saturated rings. The molecule has 114 valence electrons. The number of Topliss-reactive ketones (excluding diaryl/α,β-unsaturated/α-hetero) is 1. The molecule has 2 bridgehead atoms. The summed E-state index contributed by atoms with van der Waals surface area (Å²) >= 11 is 0. The highest BCUT2D eigenvalue weighted by molar-refractivity contribution is 6.00. The predicted octanol–water partition coefficient (Wildman–Crippen LogP) is 1.45. The molecule has 0 aliphatic carbocycles. The third kappa shape index (κ3) is 2.89. The minimum absolute atomic E-state index is 0.0299. The minimum atomic E-state index is -0.145. The molecule has 0 aromatic heterocycles. The number of phenols is 2. The minimum Gasteiger partial charge on any atom is -0.508 e. The Bertz CT molecular complexity index is 546. The van der Waals surface area contributed by atoms with Crippen molar-refractivity contribution < 1.29 is 15.0 Å². The van der Waals surface area contributed by atoms with Gasteiger partial charge in [-0.3, -0.25) is 14.6 Å². The highest BCUT2D eigenvalue weighted by atomic mass is 16.3. The van der Waals surface area contributed by atoms with E-state index in [-0.39, 0.29) is 22.8 Å². The Labute approximate surface area is 124 Å². The summed E-state index contributed by atoms with van der Waals surface area (Å²) in [6.07, 6.45) is 3.57. The number of likely N-dealkylation sites (N-methyl/N-ethyl adjacent to an activating group) is 1. The van der Waals surface area contributed by atoms with E-state index < -0.39 is 0 Å². The molecule has 2 atom stereocenters. The average Bonchev–Trinajstić information content (AvgIpc) is 2.67. The summed E-state index contributed by atoms with van der Waals surface area (Å²) in [5, 5.41) is 19.1. The van der Waals surface area contributed by atoms with E-state index in [4.69, 9.17) is 0 Å². The fraction of sp³-hybridized carbons (Fsp3) is 0.562. The molecule has 0 spiro atoms. The number of benzene rings is 1. The fourth-order valence-corrected chi connectivity index (χ4v) is 3.57. The molecule has 2 unspecified atom stereocenters. The number of carbonyl (C=O) groups excluding carboxylic acids is 1. The number of fused-ring (bicyclic) bond motifs is 2. The zero-order chi connectivity index (χ0) is 15.0. The van der Waals surface area contributed by atoms with Crippen LogP contribution in [0.5, 0.6) is 11.5 Å². The summed E-state index contributed by atoms with van der Waals surface area (Å²) in [5.41, 5.74) is 0.288. The first kappa shape index (κ1) is 14.4. The molecule has 1 aromatic rings. The van der Waals surface area contributed by atoms with Crippen molar-refractivity contribution in [3.05, 3.63) is 23.8 Å². The van der Waals surface area contributed by atoms with Crippen LogP contribution in [0.3, 0.4) is 0 Å². The smallest absolute Gasteiger partial charge is 0.180 e. The molecule has 2 N–H and O–H groups in total. The van der Waals surface area contributed by atoms with E-state index in [1.807, 2.05) is 0 Å². The van der Waals surface area contributed by atoms with Crippen molar-refractivity contribution >= 4 is 5.78 Å². The van der Waals surface area contributed by atoms with Gasteiger partial charge in [-0.15, -0.1) is 0 Å². The second-order valence-electron chi connectivity index (χ2n) is 6.20. The summed E-state index contributed by atoms with van der Waals surface area (Å²) in [6.45, 7) is 2.17. The number of rotatable bonds is 3. The normalized spacial score (nSPS) is 26.7. The molecule has 2 saturated heterocycles. The maximum atomic E-state index is 12.3. The second-order valence-corrected chi connectivity index (χ2v) is 6.20. The van der Waals surface area contributed by atoms with Crippen LogP contribution in [0.1, 0.15) is 29.6 Å². The highest BCUT2D eigenvalue weighted by Crippen LogP contribution is 2.29. The van der Waals surface area contributed by atoms with Crippen LogP contribution in [-0.4, -0.2) is 64.6 Å². The first-order valence-electron chi connectivity index (χ1n) is 7.54. The molecule has 2 aliphatic heterocycles. The number of hydrogen-bond acceptors (Lipinski definition) is 5. The van der Waals surface area contributed by atoms with E-state index in [0.717, 1.165) is 19.5 Å². The van der Waals surface area contributed by atoms with E-state index in [2.05, 4.69) is 16.8 Å². The lowest BCUT2D eigenvalue weighted by molar-refractivity contribution is 0.0920. The molecular weight excluding hydrogens is 268 g/mol. The standard InChI is InChI=1S/C16H22N2O3/c1-17-11-2-3-12(17)9-18(7-6-11)10-16(21)14-5-4-13(19)8-15(14)20/h4-5,8,11-12,19-20H,2-3,6-7,9-10H2,1H3. The largest absolute Gasteiger partial charge is 0.508 e. The lowest BCUT2D eigenvalue weighted by atomic mass is 10.1. The Hall–Kier alpha value is -1.59. The van der Waals surface area contributed by atoms with Crippen LogP contribution < -0.4 is 0 Å².